The summed E-state index contributed by atoms with van der Waals surface area (Å²) in [4.78, 5) is 4.50. The van der Waals surface area contributed by atoms with Crippen molar-refractivity contribution in [3.8, 4) is 11.3 Å². The quantitative estimate of drug-likeness (QED) is 0.742. The highest BCUT2D eigenvalue weighted by Gasteiger charge is 1.98. The molecule has 82 valence electrons. The van der Waals surface area contributed by atoms with Crippen LogP contribution >= 0.6 is 0 Å². The lowest BCUT2D eigenvalue weighted by molar-refractivity contribution is 0.792. The Morgan fingerprint density at radius 1 is 1.00 bits per heavy atom. The minimum absolute atomic E-state index is 1.06. The number of unbranched alkanes of at least 4 members (excludes halogenated alkanes) is 1. The predicted octanol–water partition coefficient (Wildman–Crippen LogP) is 4.09. The summed E-state index contributed by atoms with van der Waals surface area (Å²) < 4.78 is 0. The molecule has 0 bridgehead atoms. The Balaban J connectivity index is 2.13. The third-order valence-corrected chi connectivity index (χ3v) is 2.71. The lowest BCUT2D eigenvalue weighted by Crippen LogP contribution is -1.88. The van der Waals surface area contributed by atoms with Crippen LogP contribution in [0.2, 0.25) is 0 Å². The second kappa shape index (κ2) is 5.45. The summed E-state index contributed by atoms with van der Waals surface area (Å²) in [5.74, 6) is 0. The molecule has 2 rings (SSSR count). The maximum atomic E-state index is 4.50. The van der Waals surface area contributed by atoms with Crippen molar-refractivity contribution in [2.24, 2.45) is 0 Å². The van der Waals surface area contributed by atoms with E-state index in [4.69, 9.17) is 0 Å². The highest BCUT2D eigenvalue weighted by molar-refractivity contribution is 5.58. The zero-order valence-corrected chi connectivity index (χ0v) is 9.69. The predicted molar refractivity (Wildman–Crippen MR) is 68.3 cm³/mol. The Labute approximate surface area is 97.2 Å². The number of benzene rings is 1. The van der Waals surface area contributed by atoms with Crippen molar-refractivity contribution in [3.63, 3.8) is 0 Å². The molecule has 0 radical (unpaired) electrons. The van der Waals surface area contributed by atoms with Crippen LogP contribution in [-0.4, -0.2) is 4.98 Å². The minimum Gasteiger partial charge on any atom is -0.256 e. The summed E-state index contributed by atoms with van der Waals surface area (Å²) in [5.41, 5.74) is 3.58. The molecule has 0 N–H and O–H groups in total. The average Bonchev–Trinajstić information content (AvgIpc) is 2.38. The molecule has 16 heavy (non-hydrogen) atoms. The van der Waals surface area contributed by atoms with Crippen molar-refractivity contribution in [1.82, 2.24) is 4.98 Å². The Hall–Kier alpha value is -1.63. The average molecular weight is 211 g/mol. The van der Waals surface area contributed by atoms with Gasteiger partial charge in [0.15, 0.2) is 0 Å². The number of pyridine rings is 1. The second-order valence-electron chi connectivity index (χ2n) is 4.02. The van der Waals surface area contributed by atoms with Gasteiger partial charge in [-0.05, 0) is 24.5 Å². The van der Waals surface area contributed by atoms with Gasteiger partial charge in [0.2, 0.25) is 0 Å². The fourth-order valence-corrected chi connectivity index (χ4v) is 1.73. The molecule has 0 atom stereocenters. The largest absolute Gasteiger partial charge is 0.256 e. The molecule has 1 heteroatoms. The van der Waals surface area contributed by atoms with Crippen molar-refractivity contribution < 1.29 is 0 Å². The number of hydrogen-bond donors (Lipinski definition) is 0. The third kappa shape index (κ3) is 2.69. The summed E-state index contributed by atoms with van der Waals surface area (Å²) >= 11 is 0. The first-order valence-corrected chi connectivity index (χ1v) is 5.90. The molecule has 1 aromatic carbocycles. The Kier molecular flexibility index (Phi) is 3.71. The van der Waals surface area contributed by atoms with E-state index in [9.17, 15) is 0 Å². The minimum atomic E-state index is 1.06. The molecule has 0 fully saturated rings. The van der Waals surface area contributed by atoms with Crippen LogP contribution in [0.4, 0.5) is 0 Å². The van der Waals surface area contributed by atoms with Crippen LogP contribution in [0, 0.1) is 0 Å². The van der Waals surface area contributed by atoms with Gasteiger partial charge in [0, 0.05) is 11.8 Å². The second-order valence-corrected chi connectivity index (χ2v) is 4.02. The topological polar surface area (TPSA) is 12.9 Å². The van der Waals surface area contributed by atoms with Gasteiger partial charge in [0.1, 0.15) is 0 Å². The van der Waals surface area contributed by atoms with Gasteiger partial charge < -0.3 is 0 Å². The first-order chi connectivity index (χ1) is 7.90. The van der Waals surface area contributed by atoms with Crippen molar-refractivity contribution in [1.29, 1.82) is 0 Å². The highest BCUT2D eigenvalue weighted by Crippen LogP contribution is 2.16. The molecule has 2 aromatic rings. The number of aromatic nitrogens is 1. The monoisotopic (exact) mass is 211 g/mol. The zero-order chi connectivity index (χ0) is 11.2. The van der Waals surface area contributed by atoms with Gasteiger partial charge in [-0.25, -0.2) is 0 Å². The van der Waals surface area contributed by atoms with Gasteiger partial charge in [0.05, 0.1) is 5.69 Å². The van der Waals surface area contributed by atoms with Gasteiger partial charge in [-0.2, -0.15) is 0 Å². The number of rotatable bonds is 4. The maximum absolute atomic E-state index is 4.50. The molecule has 1 nitrogen and oxygen atoms in total. The smallest absolute Gasteiger partial charge is 0.0702 e. The van der Waals surface area contributed by atoms with Crippen LogP contribution in [0.25, 0.3) is 11.3 Å². The van der Waals surface area contributed by atoms with Gasteiger partial charge >= 0.3 is 0 Å². The Morgan fingerprint density at radius 3 is 2.44 bits per heavy atom. The molecule has 1 aromatic heterocycles. The van der Waals surface area contributed by atoms with Crippen LogP contribution < -0.4 is 0 Å². The van der Waals surface area contributed by atoms with E-state index in [1.807, 2.05) is 24.4 Å². The Morgan fingerprint density at radius 2 is 1.81 bits per heavy atom. The molecule has 0 saturated heterocycles. The van der Waals surface area contributed by atoms with Gasteiger partial charge in [0.25, 0.3) is 0 Å². The molecular formula is C15H17N. The maximum Gasteiger partial charge on any atom is 0.0702 e. The number of hydrogen-bond acceptors (Lipinski definition) is 1. The van der Waals surface area contributed by atoms with Gasteiger partial charge in [-0.1, -0.05) is 49.7 Å². The highest BCUT2D eigenvalue weighted by atomic mass is 14.7. The van der Waals surface area contributed by atoms with E-state index in [0.29, 0.717) is 0 Å². The van der Waals surface area contributed by atoms with Crippen LogP contribution in [0.3, 0.4) is 0 Å². The molecule has 0 saturated carbocycles. The summed E-state index contributed by atoms with van der Waals surface area (Å²) in [6, 6.07) is 14.6. The van der Waals surface area contributed by atoms with E-state index < -0.39 is 0 Å². The molecule has 0 aliphatic rings. The van der Waals surface area contributed by atoms with E-state index in [1.165, 1.54) is 24.0 Å². The van der Waals surface area contributed by atoms with Gasteiger partial charge in [-0.15, -0.1) is 0 Å². The lowest BCUT2D eigenvalue weighted by Gasteiger charge is -2.02. The van der Waals surface area contributed by atoms with Gasteiger partial charge in [-0.3, -0.25) is 4.98 Å². The summed E-state index contributed by atoms with van der Waals surface area (Å²) in [6.45, 7) is 2.21. The van der Waals surface area contributed by atoms with Crippen LogP contribution in [0.5, 0.6) is 0 Å². The van der Waals surface area contributed by atoms with Crippen LogP contribution in [0.1, 0.15) is 25.3 Å². The van der Waals surface area contributed by atoms with E-state index in [-0.39, 0.29) is 0 Å². The molecular weight excluding hydrogens is 194 g/mol. The number of aryl methyl sites for hydroxylation is 1. The summed E-state index contributed by atoms with van der Waals surface area (Å²) in [5, 5.41) is 0. The Bertz CT molecular complexity index is 417. The molecule has 0 amide bonds. The van der Waals surface area contributed by atoms with E-state index in [1.54, 1.807) is 0 Å². The van der Waals surface area contributed by atoms with Crippen molar-refractivity contribution in [2.45, 2.75) is 26.2 Å². The summed E-state index contributed by atoms with van der Waals surface area (Å²) in [6.07, 6.45) is 5.61. The third-order valence-electron chi connectivity index (χ3n) is 2.71. The molecule has 0 spiro atoms. The fraction of sp³-hybridized carbons (Fsp3) is 0.267. The van der Waals surface area contributed by atoms with Crippen molar-refractivity contribution >= 4 is 0 Å². The first kappa shape index (κ1) is 10.9. The first-order valence-electron chi connectivity index (χ1n) is 5.90. The summed E-state index contributed by atoms with van der Waals surface area (Å²) in [7, 11) is 0. The van der Waals surface area contributed by atoms with Crippen LogP contribution in [0.15, 0.2) is 48.7 Å². The standard InChI is InChI=1S/C15H17N/c1-2-3-7-13-10-11-15(16-12-13)14-8-5-4-6-9-14/h4-6,8-12H,2-3,7H2,1H3. The zero-order valence-electron chi connectivity index (χ0n) is 9.69. The van der Waals surface area contributed by atoms with Crippen molar-refractivity contribution in [3.05, 3.63) is 54.2 Å². The molecule has 0 aliphatic carbocycles. The fourth-order valence-electron chi connectivity index (χ4n) is 1.73. The molecule has 1 heterocycles. The lowest BCUT2D eigenvalue weighted by atomic mass is 10.1. The van der Waals surface area contributed by atoms with E-state index >= 15 is 0 Å². The van der Waals surface area contributed by atoms with E-state index in [2.05, 4.69) is 36.2 Å². The molecule has 0 unspecified atom stereocenters. The molecule has 0 aliphatic heterocycles. The normalized spacial score (nSPS) is 10.3. The number of nitrogens with zero attached hydrogens (tertiary/aromatic N) is 1. The van der Waals surface area contributed by atoms with E-state index in [0.717, 1.165) is 12.1 Å². The van der Waals surface area contributed by atoms with Crippen molar-refractivity contribution in [2.75, 3.05) is 0 Å². The van der Waals surface area contributed by atoms with Crippen LogP contribution in [-0.2, 0) is 6.42 Å². The SMILES string of the molecule is CCCCc1ccc(-c2ccccc2)nc1.